The molecule has 220 valence electrons. The van der Waals surface area contributed by atoms with Gasteiger partial charge in [-0.3, -0.25) is 14.4 Å². The van der Waals surface area contributed by atoms with Crippen LogP contribution < -0.4 is 10.0 Å². The Labute approximate surface area is 256 Å². The van der Waals surface area contributed by atoms with Crippen LogP contribution in [0.1, 0.15) is 49.2 Å². The normalized spacial score (nSPS) is 13.0. The number of nitrogens with one attached hydrogen (secondary N) is 2. The lowest BCUT2D eigenvalue weighted by Crippen LogP contribution is -2.29. The van der Waals surface area contributed by atoms with E-state index in [2.05, 4.69) is 27.1 Å². The molecule has 0 saturated carbocycles. The zero-order valence-electron chi connectivity index (χ0n) is 23.3. The molecule has 0 aliphatic carbocycles. The summed E-state index contributed by atoms with van der Waals surface area (Å²) in [6.45, 7) is 6.08. The first kappa shape index (κ1) is 31.2. The van der Waals surface area contributed by atoms with Gasteiger partial charge in [0, 0.05) is 35.8 Å². The average Bonchev–Trinajstić information content (AvgIpc) is 3.31. The van der Waals surface area contributed by atoms with E-state index in [1.54, 1.807) is 37.3 Å². The third-order valence-corrected chi connectivity index (χ3v) is 9.33. The van der Waals surface area contributed by atoms with E-state index in [9.17, 15) is 18.0 Å². The lowest BCUT2D eigenvalue weighted by Gasteiger charge is -2.27. The Morgan fingerprint density at radius 3 is 2.45 bits per heavy atom. The Morgan fingerprint density at radius 1 is 1.00 bits per heavy atom. The molecule has 42 heavy (non-hydrogen) atoms. The van der Waals surface area contributed by atoms with E-state index in [0.717, 1.165) is 29.1 Å². The van der Waals surface area contributed by atoms with Gasteiger partial charge in [0.15, 0.2) is 0 Å². The van der Waals surface area contributed by atoms with E-state index >= 15 is 0 Å². The summed E-state index contributed by atoms with van der Waals surface area (Å²) in [6, 6.07) is 23.0. The third-order valence-electron chi connectivity index (χ3n) is 6.80. The first-order valence-electron chi connectivity index (χ1n) is 13.3. The van der Waals surface area contributed by atoms with Crippen molar-refractivity contribution in [2.24, 2.45) is 0 Å². The van der Waals surface area contributed by atoms with Crippen LogP contribution in [0.3, 0.4) is 0 Å². The highest BCUT2D eigenvalue weighted by molar-refractivity contribution is 7.92. The summed E-state index contributed by atoms with van der Waals surface area (Å²) in [4.78, 5) is 29.8. The van der Waals surface area contributed by atoms with Gasteiger partial charge in [0.05, 0.1) is 17.1 Å². The summed E-state index contributed by atoms with van der Waals surface area (Å²) < 4.78 is 33.6. The quantitative estimate of drug-likeness (QED) is 0.213. The smallest absolute Gasteiger partial charge is 0.341 e. The lowest BCUT2D eigenvalue weighted by atomic mass is 10.0. The number of hydrogen-bond donors (Lipinski definition) is 2. The van der Waals surface area contributed by atoms with Crippen molar-refractivity contribution in [3.8, 4) is 0 Å². The summed E-state index contributed by atoms with van der Waals surface area (Å²) >= 11 is 1.38. The van der Waals surface area contributed by atoms with Crippen LogP contribution >= 0.6 is 23.7 Å². The van der Waals surface area contributed by atoms with Gasteiger partial charge in [0.25, 0.3) is 15.9 Å². The number of carbonyl (C=O) groups excluding carboxylic acids is 2. The molecular formula is C31H32ClN3O5S2. The van der Waals surface area contributed by atoms with Crippen LogP contribution in [0.4, 0.5) is 10.7 Å². The number of ether oxygens (including phenoxy) is 1. The van der Waals surface area contributed by atoms with Crippen molar-refractivity contribution in [2.45, 2.75) is 38.3 Å². The predicted octanol–water partition coefficient (Wildman–Crippen LogP) is 6.27. The number of esters is 1. The number of sulfonamides is 1. The van der Waals surface area contributed by atoms with Gasteiger partial charge in [-0.25, -0.2) is 13.2 Å². The molecule has 2 heterocycles. The maximum atomic E-state index is 13.3. The number of halogens is 1. The van der Waals surface area contributed by atoms with Gasteiger partial charge in [-0.1, -0.05) is 54.1 Å². The topological polar surface area (TPSA) is 105 Å². The Hall–Kier alpha value is -3.70. The fraction of sp³-hybridized carbons (Fsp3) is 0.226. The fourth-order valence-corrected chi connectivity index (χ4v) is 7.09. The van der Waals surface area contributed by atoms with Crippen LogP contribution in [-0.4, -0.2) is 38.3 Å². The number of nitrogens with zero attached hydrogens (tertiary/aromatic N) is 1. The molecular weight excluding hydrogens is 594 g/mol. The van der Waals surface area contributed by atoms with Crippen molar-refractivity contribution in [3.05, 3.63) is 112 Å². The minimum Gasteiger partial charge on any atom is -0.462 e. The van der Waals surface area contributed by atoms with Crippen LogP contribution in [0, 0.1) is 6.92 Å². The summed E-state index contributed by atoms with van der Waals surface area (Å²) in [5.41, 5.74) is 3.98. The molecule has 0 unspecified atom stereocenters. The van der Waals surface area contributed by atoms with Gasteiger partial charge in [0.1, 0.15) is 5.00 Å². The van der Waals surface area contributed by atoms with Crippen LogP contribution in [0.25, 0.3) is 0 Å². The van der Waals surface area contributed by atoms with Crippen molar-refractivity contribution in [3.63, 3.8) is 0 Å². The summed E-state index contributed by atoms with van der Waals surface area (Å²) in [7, 11) is -3.83. The van der Waals surface area contributed by atoms with Crippen LogP contribution in [-0.2, 0) is 34.3 Å². The number of carbonyl (C=O) groups is 2. The van der Waals surface area contributed by atoms with Crippen LogP contribution in [0.2, 0.25) is 0 Å². The minimum atomic E-state index is -3.83. The minimum absolute atomic E-state index is 0. The molecule has 1 aromatic heterocycles. The third kappa shape index (κ3) is 7.19. The van der Waals surface area contributed by atoms with E-state index in [1.807, 2.05) is 25.1 Å². The van der Waals surface area contributed by atoms with Gasteiger partial charge >= 0.3 is 5.97 Å². The SMILES string of the molecule is CCOC(=O)c1c(NC(=O)c2cccc(NS(=O)(=O)c3ccc(C)cc3)c2)sc2c1CCN(Cc1ccccc1)C2.Cl. The van der Waals surface area contributed by atoms with Crippen molar-refractivity contribution in [1.82, 2.24) is 4.90 Å². The number of thiophene rings is 1. The second-order valence-corrected chi connectivity index (χ2v) is 12.6. The predicted molar refractivity (Wildman–Crippen MR) is 168 cm³/mol. The van der Waals surface area contributed by atoms with Crippen LogP contribution in [0.5, 0.6) is 0 Å². The van der Waals surface area contributed by atoms with E-state index in [1.165, 1.54) is 35.1 Å². The molecule has 1 aliphatic heterocycles. The Kier molecular flexibility index (Phi) is 10.1. The molecule has 0 saturated heterocycles. The first-order chi connectivity index (χ1) is 19.7. The first-order valence-corrected chi connectivity index (χ1v) is 15.6. The molecule has 8 nitrogen and oxygen atoms in total. The van der Waals surface area contributed by atoms with Crippen LogP contribution in [0.15, 0.2) is 83.8 Å². The molecule has 0 spiro atoms. The van der Waals surface area contributed by atoms with Crippen molar-refractivity contribution >= 4 is 56.3 Å². The molecule has 1 amide bonds. The zero-order chi connectivity index (χ0) is 29.0. The standard InChI is InChI=1S/C31H31N3O5S2.ClH/c1-3-39-31(36)28-26-16-17-34(19-22-8-5-4-6-9-22)20-27(26)40-30(28)32-29(35)23-10-7-11-24(18-23)33-41(37,38)25-14-12-21(2)13-15-25;/h4-15,18,33H,3,16-17,19-20H2,1-2H3,(H,32,35);1H. The summed E-state index contributed by atoms with van der Waals surface area (Å²) in [6.07, 6.45) is 0.666. The Balaban J connectivity index is 0.00000405. The second-order valence-electron chi connectivity index (χ2n) is 9.83. The summed E-state index contributed by atoms with van der Waals surface area (Å²) in [5, 5.41) is 3.33. The fourth-order valence-electron chi connectivity index (χ4n) is 4.77. The maximum Gasteiger partial charge on any atom is 0.341 e. The second kappa shape index (κ2) is 13.5. The van der Waals surface area contributed by atoms with E-state index in [-0.39, 0.29) is 35.2 Å². The Bertz CT molecular complexity index is 1670. The molecule has 0 radical (unpaired) electrons. The zero-order valence-corrected chi connectivity index (χ0v) is 25.7. The molecule has 1 aliphatic rings. The molecule has 3 aromatic carbocycles. The highest BCUT2D eigenvalue weighted by atomic mass is 35.5. The van der Waals surface area contributed by atoms with Gasteiger partial charge in [-0.2, -0.15) is 0 Å². The van der Waals surface area contributed by atoms with E-state index in [0.29, 0.717) is 23.5 Å². The molecule has 0 fully saturated rings. The Morgan fingerprint density at radius 2 is 1.74 bits per heavy atom. The lowest BCUT2D eigenvalue weighted by molar-refractivity contribution is 0.0526. The molecule has 11 heteroatoms. The highest BCUT2D eigenvalue weighted by Gasteiger charge is 2.30. The van der Waals surface area contributed by atoms with Crippen molar-refractivity contribution in [2.75, 3.05) is 23.2 Å². The number of amides is 1. The van der Waals surface area contributed by atoms with E-state index in [4.69, 9.17) is 4.74 Å². The number of rotatable bonds is 9. The van der Waals surface area contributed by atoms with E-state index < -0.39 is 21.9 Å². The van der Waals surface area contributed by atoms with Gasteiger partial charge in [-0.15, -0.1) is 23.7 Å². The number of hydrogen-bond acceptors (Lipinski definition) is 7. The van der Waals surface area contributed by atoms with Gasteiger partial charge < -0.3 is 10.1 Å². The number of fused-ring (bicyclic) bond motifs is 1. The highest BCUT2D eigenvalue weighted by Crippen LogP contribution is 2.38. The molecule has 0 bridgehead atoms. The van der Waals surface area contributed by atoms with Crippen molar-refractivity contribution < 1.29 is 22.7 Å². The molecule has 0 atom stereocenters. The number of aryl methyl sites for hydroxylation is 1. The monoisotopic (exact) mass is 625 g/mol. The molecule has 5 rings (SSSR count). The summed E-state index contributed by atoms with van der Waals surface area (Å²) in [5.74, 6) is -0.914. The molecule has 2 N–H and O–H groups in total. The van der Waals surface area contributed by atoms with Crippen molar-refractivity contribution in [1.29, 1.82) is 0 Å². The van der Waals surface area contributed by atoms with Gasteiger partial charge in [-0.05, 0) is 61.7 Å². The number of anilines is 2. The molecule has 4 aromatic rings. The average molecular weight is 626 g/mol. The largest absolute Gasteiger partial charge is 0.462 e. The number of benzene rings is 3. The maximum absolute atomic E-state index is 13.3. The van der Waals surface area contributed by atoms with Gasteiger partial charge in [0.2, 0.25) is 0 Å².